The lowest BCUT2D eigenvalue weighted by Gasteiger charge is -2.09. The van der Waals surface area contributed by atoms with Crippen molar-refractivity contribution in [2.24, 2.45) is 0 Å². The van der Waals surface area contributed by atoms with Gasteiger partial charge in [-0.1, -0.05) is 30.0 Å². The maximum Gasteiger partial charge on any atom is 0.192 e. The average molecular weight is 369 g/mol. The highest BCUT2D eigenvalue weighted by atomic mass is 32.2. The van der Waals surface area contributed by atoms with Crippen LogP contribution in [0.25, 0.3) is 11.4 Å². The van der Waals surface area contributed by atoms with Gasteiger partial charge in [0, 0.05) is 17.9 Å². The number of hydrogen-bond acceptors (Lipinski definition) is 4. The van der Waals surface area contributed by atoms with E-state index in [0.29, 0.717) is 18.9 Å². The van der Waals surface area contributed by atoms with E-state index in [-0.39, 0.29) is 5.82 Å². The molecule has 1 aromatic heterocycles. The van der Waals surface area contributed by atoms with Gasteiger partial charge >= 0.3 is 0 Å². The van der Waals surface area contributed by atoms with Crippen LogP contribution in [0.4, 0.5) is 4.39 Å². The fourth-order valence-corrected chi connectivity index (χ4v) is 3.40. The van der Waals surface area contributed by atoms with Crippen LogP contribution in [-0.2, 0) is 12.3 Å². The molecule has 1 heterocycles. The Labute approximate surface area is 156 Å². The fraction of sp³-hybridized carbons (Fsp3) is 0.200. The molecule has 0 N–H and O–H groups in total. The second-order valence-corrected chi connectivity index (χ2v) is 6.52. The van der Waals surface area contributed by atoms with E-state index in [9.17, 15) is 4.39 Å². The molecule has 0 amide bonds. The molecule has 0 spiro atoms. The minimum atomic E-state index is -0.230. The van der Waals surface area contributed by atoms with Crippen LogP contribution in [0.5, 0.6) is 5.75 Å². The summed E-state index contributed by atoms with van der Waals surface area (Å²) in [4.78, 5) is 0. The number of halogens is 1. The molecule has 26 heavy (non-hydrogen) atoms. The minimum absolute atomic E-state index is 0.230. The van der Waals surface area contributed by atoms with Crippen molar-refractivity contribution in [3.05, 3.63) is 72.6 Å². The van der Waals surface area contributed by atoms with E-state index in [1.54, 1.807) is 23.9 Å². The molecule has 0 aliphatic heterocycles. The summed E-state index contributed by atoms with van der Waals surface area (Å²) < 4.78 is 20.5. The molecule has 0 saturated heterocycles. The van der Waals surface area contributed by atoms with Crippen LogP contribution in [-0.4, -0.2) is 21.4 Å². The molecule has 3 rings (SSSR count). The van der Waals surface area contributed by atoms with E-state index in [4.69, 9.17) is 4.74 Å². The molecule has 0 aliphatic rings. The first kappa shape index (κ1) is 18.2. The smallest absolute Gasteiger partial charge is 0.192 e. The van der Waals surface area contributed by atoms with Crippen LogP contribution in [0.3, 0.4) is 0 Å². The number of allylic oxidation sites excluding steroid dienone is 1. The van der Waals surface area contributed by atoms with Crippen molar-refractivity contribution in [2.75, 3.05) is 6.61 Å². The van der Waals surface area contributed by atoms with Crippen LogP contribution >= 0.6 is 11.8 Å². The Morgan fingerprint density at radius 3 is 2.50 bits per heavy atom. The quantitative estimate of drug-likeness (QED) is 0.416. The number of rotatable bonds is 8. The molecule has 0 fully saturated rings. The van der Waals surface area contributed by atoms with Crippen LogP contribution in [0, 0.1) is 5.82 Å². The van der Waals surface area contributed by atoms with Gasteiger partial charge in [-0.2, -0.15) is 0 Å². The summed E-state index contributed by atoms with van der Waals surface area (Å²) in [5.41, 5.74) is 2.00. The molecule has 6 heteroatoms. The van der Waals surface area contributed by atoms with Crippen molar-refractivity contribution in [2.45, 2.75) is 24.4 Å². The van der Waals surface area contributed by atoms with Crippen LogP contribution < -0.4 is 4.74 Å². The molecule has 4 nitrogen and oxygen atoms in total. The first-order valence-corrected chi connectivity index (χ1v) is 9.34. The van der Waals surface area contributed by atoms with Crippen molar-refractivity contribution < 1.29 is 9.13 Å². The van der Waals surface area contributed by atoms with Crippen LogP contribution in [0.1, 0.15) is 12.5 Å². The molecule has 134 valence electrons. The van der Waals surface area contributed by atoms with Gasteiger partial charge in [0.1, 0.15) is 11.6 Å². The SMILES string of the molecule is C=CCn1c(SCc2ccc(F)cc2)nnc1-c1ccc(OCC)cc1. The number of aromatic nitrogens is 3. The van der Waals surface area contributed by atoms with Crippen LogP contribution in [0.2, 0.25) is 0 Å². The summed E-state index contributed by atoms with van der Waals surface area (Å²) in [5.74, 6) is 2.08. The van der Waals surface area contributed by atoms with Gasteiger partial charge in [-0.3, -0.25) is 4.57 Å². The Bertz CT molecular complexity index is 860. The average Bonchev–Trinajstić information content (AvgIpc) is 3.05. The van der Waals surface area contributed by atoms with Crippen molar-refractivity contribution in [3.8, 4) is 17.1 Å². The van der Waals surface area contributed by atoms with Crippen molar-refractivity contribution in [1.29, 1.82) is 0 Å². The highest BCUT2D eigenvalue weighted by Gasteiger charge is 2.14. The second kappa shape index (κ2) is 8.67. The summed E-state index contributed by atoms with van der Waals surface area (Å²) in [6.45, 7) is 7.04. The monoisotopic (exact) mass is 369 g/mol. The van der Waals surface area contributed by atoms with Gasteiger partial charge in [0.2, 0.25) is 0 Å². The van der Waals surface area contributed by atoms with Gasteiger partial charge in [0.25, 0.3) is 0 Å². The lowest BCUT2D eigenvalue weighted by atomic mass is 10.2. The van der Waals surface area contributed by atoms with Gasteiger partial charge in [-0.15, -0.1) is 16.8 Å². The maximum absolute atomic E-state index is 13.0. The largest absolute Gasteiger partial charge is 0.494 e. The third kappa shape index (κ3) is 4.32. The number of nitrogens with zero attached hydrogens (tertiary/aromatic N) is 3. The summed E-state index contributed by atoms with van der Waals surface area (Å²) in [6, 6.07) is 14.3. The fourth-order valence-electron chi connectivity index (χ4n) is 2.50. The third-order valence-electron chi connectivity index (χ3n) is 3.73. The van der Waals surface area contributed by atoms with Crippen LogP contribution in [0.15, 0.2) is 66.3 Å². The number of thioether (sulfide) groups is 1. The predicted octanol–water partition coefficient (Wildman–Crippen LogP) is 4.96. The Morgan fingerprint density at radius 2 is 1.85 bits per heavy atom. The summed E-state index contributed by atoms with van der Waals surface area (Å²) >= 11 is 1.57. The zero-order valence-electron chi connectivity index (χ0n) is 14.6. The molecule has 0 atom stereocenters. The Hall–Kier alpha value is -2.60. The molecule has 0 saturated carbocycles. The summed E-state index contributed by atoms with van der Waals surface area (Å²) in [5, 5.41) is 9.48. The topological polar surface area (TPSA) is 39.9 Å². The van der Waals surface area contributed by atoms with Crippen molar-refractivity contribution >= 4 is 11.8 Å². The van der Waals surface area contributed by atoms with E-state index in [2.05, 4.69) is 16.8 Å². The van der Waals surface area contributed by atoms with E-state index in [1.807, 2.05) is 41.8 Å². The Kier molecular flexibility index (Phi) is 6.07. The number of benzene rings is 2. The second-order valence-electron chi connectivity index (χ2n) is 5.58. The lowest BCUT2D eigenvalue weighted by molar-refractivity contribution is 0.340. The molecule has 0 bridgehead atoms. The molecule has 2 aromatic carbocycles. The van der Waals surface area contributed by atoms with E-state index < -0.39 is 0 Å². The number of ether oxygens (including phenoxy) is 1. The first-order chi connectivity index (χ1) is 12.7. The molecular weight excluding hydrogens is 349 g/mol. The van der Waals surface area contributed by atoms with Crippen molar-refractivity contribution in [1.82, 2.24) is 14.8 Å². The maximum atomic E-state index is 13.0. The van der Waals surface area contributed by atoms with E-state index in [1.165, 1.54) is 12.1 Å². The molecule has 0 aliphatic carbocycles. The van der Waals surface area contributed by atoms with Gasteiger partial charge in [0.05, 0.1) is 6.61 Å². The first-order valence-electron chi connectivity index (χ1n) is 8.36. The molecule has 0 unspecified atom stereocenters. The van der Waals surface area contributed by atoms with Gasteiger partial charge < -0.3 is 4.74 Å². The third-order valence-corrected chi connectivity index (χ3v) is 4.77. The lowest BCUT2D eigenvalue weighted by Crippen LogP contribution is -2.01. The molecule has 3 aromatic rings. The van der Waals surface area contributed by atoms with Gasteiger partial charge in [0.15, 0.2) is 11.0 Å². The highest BCUT2D eigenvalue weighted by molar-refractivity contribution is 7.98. The molecular formula is C20H20FN3OS. The van der Waals surface area contributed by atoms with Gasteiger partial charge in [-0.05, 0) is 48.9 Å². The standard InChI is InChI=1S/C20H20FN3OS/c1-3-13-24-19(16-7-11-18(12-8-16)25-4-2)22-23-20(24)26-14-15-5-9-17(21)10-6-15/h3,5-12H,1,4,13-14H2,2H3. The molecule has 0 radical (unpaired) electrons. The zero-order valence-corrected chi connectivity index (χ0v) is 15.4. The Balaban J connectivity index is 1.80. The van der Waals surface area contributed by atoms with Gasteiger partial charge in [-0.25, -0.2) is 4.39 Å². The minimum Gasteiger partial charge on any atom is -0.494 e. The zero-order chi connectivity index (χ0) is 18.4. The Morgan fingerprint density at radius 1 is 1.12 bits per heavy atom. The predicted molar refractivity (Wildman–Crippen MR) is 103 cm³/mol. The summed E-state index contributed by atoms with van der Waals surface area (Å²) in [7, 11) is 0. The number of hydrogen-bond donors (Lipinski definition) is 0. The van der Waals surface area contributed by atoms with Crippen molar-refractivity contribution in [3.63, 3.8) is 0 Å². The van der Waals surface area contributed by atoms with E-state index >= 15 is 0 Å². The summed E-state index contributed by atoms with van der Waals surface area (Å²) in [6.07, 6.45) is 1.82. The normalized spacial score (nSPS) is 10.7. The highest BCUT2D eigenvalue weighted by Crippen LogP contribution is 2.27. The van der Waals surface area contributed by atoms with E-state index in [0.717, 1.165) is 27.9 Å².